The lowest BCUT2D eigenvalue weighted by molar-refractivity contribution is 0.919. The van der Waals surface area contributed by atoms with E-state index in [0.29, 0.717) is 0 Å². The minimum atomic E-state index is 1.09. The molecular weight excluding hydrogens is 249 g/mol. The molecular formula is C9H8IN. The summed E-state index contributed by atoms with van der Waals surface area (Å²) in [7, 11) is 0. The molecule has 0 N–H and O–H groups in total. The Morgan fingerprint density at radius 1 is 1.36 bits per heavy atom. The van der Waals surface area contributed by atoms with Crippen LogP contribution in [-0.2, 0) is 6.42 Å². The molecule has 2 rings (SSSR count). The summed E-state index contributed by atoms with van der Waals surface area (Å²) in [6.45, 7) is 0. The van der Waals surface area contributed by atoms with E-state index in [1.54, 1.807) is 0 Å². The largest absolute Gasteiger partial charge is 0.246 e. The average molecular weight is 257 g/mol. The van der Waals surface area contributed by atoms with Gasteiger partial charge in [-0.1, -0.05) is 18.2 Å². The number of halogens is 1. The first-order chi connectivity index (χ1) is 5.36. The van der Waals surface area contributed by atoms with Gasteiger partial charge in [0.15, 0.2) is 0 Å². The molecule has 1 aromatic rings. The summed E-state index contributed by atoms with van der Waals surface area (Å²) >= 11 is 2.25. The third kappa shape index (κ3) is 1.45. The fraction of sp³-hybridized carbons (Fsp3) is 0.222. The van der Waals surface area contributed by atoms with Crippen molar-refractivity contribution in [1.29, 1.82) is 0 Å². The van der Waals surface area contributed by atoms with Crippen LogP contribution in [0.1, 0.15) is 17.7 Å². The van der Waals surface area contributed by atoms with Crippen LogP contribution in [-0.4, -0.2) is 4.98 Å². The molecule has 0 atom stereocenters. The predicted molar refractivity (Wildman–Crippen MR) is 54.3 cm³/mol. The van der Waals surface area contributed by atoms with Crippen LogP contribution in [0.5, 0.6) is 0 Å². The van der Waals surface area contributed by atoms with E-state index < -0.39 is 0 Å². The summed E-state index contributed by atoms with van der Waals surface area (Å²) < 4.78 is 1.09. The molecule has 1 aliphatic rings. The fourth-order valence-electron chi connectivity index (χ4n) is 1.27. The number of fused-ring (bicyclic) bond motifs is 1. The van der Waals surface area contributed by atoms with Crippen molar-refractivity contribution in [3.63, 3.8) is 0 Å². The highest BCUT2D eigenvalue weighted by atomic mass is 127. The molecule has 1 nitrogen and oxygen atoms in total. The van der Waals surface area contributed by atoms with E-state index in [0.717, 1.165) is 16.5 Å². The van der Waals surface area contributed by atoms with Crippen LogP contribution in [0.2, 0.25) is 0 Å². The van der Waals surface area contributed by atoms with Crippen molar-refractivity contribution in [3.05, 3.63) is 33.2 Å². The number of aromatic nitrogens is 1. The van der Waals surface area contributed by atoms with Crippen LogP contribution >= 0.6 is 22.6 Å². The van der Waals surface area contributed by atoms with Crippen molar-refractivity contribution >= 4 is 28.7 Å². The summed E-state index contributed by atoms with van der Waals surface area (Å²) in [5, 5.41) is 0. The quantitative estimate of drug-likeness (QED) is 0.514. The molecule has 0 fully saturated rings. The van der Waals surface area contributed by atoms with Gasteiger partial charge in [-0.3, -0.25) is 0 Å². The maximum absolute atomic E-state index is 4.45. The molecule has 0 amide bonds. The molecule has 0 saturated carbocycles. The molecule has 0 spiro atoms. The van der Waals surface area contributed by atoms with Gasteiger partial charge in [-0.25, -0.2) is 4.98 Å². The second kappa shape index (κ2) is 2.93. The SMILES string of the molecule is Ic1ccc2c(n1)CCC=C2. The van der Waals surface area contributed by atoms with E-state index in [1.165, 1.54) is 11.3 Å². The lowest BCUT2D eigenvalue weighted by Crippen LogP contribution is -1.98. The molecule has 1 heterocycles. The molecule has 0 saturated heterocycles. The van der Waals surface area contributed by atoms with Gasteiger partial charge in [0.2, 0.25) is 0 Å². The predicted octanol–water partition coefficient (Wildman–Crippen LogP) is 2.65. The number of allylic oxidation sites excluding steroid dienone is 1. The van der Waals surface area contributed by atoms with Crippen molar-refractivity contribution in [1.82, 2.24) is 4.98 Å². The minimum absolute atomic E-state index is 1.09. The van der Waals surface area contributed by atoms with E-state index in [2.05, 4.69) is 51.9 Å². The van der Waals surface area contributed by atoms with E-state index >= 15 is 0 Å². The van der Waals surface area contributed by atoms with Crippen molar-refractivity contribution in [2.75, 3.05) is 0 Å². The van der Waals surface area contributed by atoms with Gasteiger partial charge in [-0.05, 0) is 47.1 Å². The number of rotatable bonds is 0. The van der Waals surface area contributed by atoms with Crippen LogP contribution in [0.4, 0.5) is 0 Å². The van der Waals surface area contributed by atoms with Crippen LogP contribution in [0.15, 0.2) is 18.2 Å². The first-order valence-corrected chi connectivity index (χ1v) is 4.76. The van der Waals surface area contributed by atoms with E-state index in [9.17, 15) is 0 Å². The summed E-state index contributed by atoms with van der Waals surface area (Å²) in [5.41, 5.74) is 2.54. The van der Waals surface area contributed by atoms with Crippen molar-refractivity contribution in [2.45, 2.75) is 12.8 Å². The van der Waals surface area contributed by atoms with Gasteiger partial charge in [0.05, 0.1) is 0 Å². The number of hydrogen-bond donors (Lipinski definition) is 0. The van der Waals surface area contributed by atoms with Gasteiger partial charge in [-0.15, -0.1) is 0 Å². The smallest absolute Gasteiger partial charge is 0.101 e. The standard InChI is InChI=1S/C9H8IN/c10-9-6-5-7-3-1-2-4-8(7)11-9/h1,3,5-6H,2,4H2. The maximum Gasteiger partial charge on any atom is 0.101 e. The van der Waals surface area contributed by atoms with Gasteiger partial charge in [-0.2, -0.15) is 0 Å². The van der Waals surface area contributed by atoms with Crippen molar-refractivity contribution < 1.29 is 0 Å². The molecule has 0 unspecified atom stereocenters. The minimum Gasteiger partial charge on any atom is -0.246 e. The normalized spacial score (nSPS) is 14.6. The van der Waals surface area contributed by atoms with E-state index in [-0.39, 0.29) is 0 Å². The lowest BCUT2D eigenvalue weighted by Gasteiger charge is -2.08. The van der Waals surface area contributed by atoms with Gasteiger partial charge in [0, 0.05) is 5.69 Å². The second-order valence-corrected chi connectivity index (χ2v) is 3.72. The van der Waals surface area contributed by atoms with Crippen LogP contribution in [0.3, 0.4) is 0 Å². The lowest BCUT2D eigenvalue weighted by atomic mass is 10.0. The Hall–Kier alpha value is -0.380. The van der Waals surface area contributed by atoms with Crippen LogP contribution in [0.25, 0.3) is 6.08 Å². The Kier molecular flexibility index (Phi) is 1.94. The Labute approximate surface area is 79.7 Å². The maximum atomic E-state index is 4.45. The Morgan fingerprint density at radius 2 is 2.27 bits per heavy atom. The molecule has 11 heavy (non-hydrogen) atoms. The zero-order chi connectivity index (χ0) is 7.68. The molecule has 0 radical (unpaired) electrons. The topological polar surface area (TPSA) is 12.9 Å². The Balaban J connectivity index is 2.53. The first kappa shape index (κ1) is 7.28. The number of pyridine rings is 1. The molecule has 56 valence electrons. The molecule has 1 aliphatic carbocycles. The van der Waals surface area contributed by atoms with Gasteiger partial charge in [0.25, 0.3) is 0 Å². The van der Waals surface area contributed by atoms with Gasteiger partial charge < -0.3 is 0 Å². The number of aryl methyl sites for hydroxylation is 1. The molecule has 0 aromatic carbocycles. The third-order valence-electron chi connectivity index (χ3n) is 1.82. The monoisotopic (exact) mass is 257 g/mol. The molecule has 1 aromatic heterocycles. The highest BCUT2D eigenvalue weighted by Crippen LogP contribution is 2.17. The summed E-state index contributed by atoms with van der Waals surface area (Å²) in [6, 6.07) is 4.19. The zero-order valence-electron chi connectivity index (χ0n) is 6.05. The Bertz CT molecular complexity index is 304. The van der Waals surface area contributed by atoms with Gasteiger partial charge >= 0.3 is 0 Å². The van der Waals surface area contributed by atoms with Crippen molar-refractivity contribution in [2.24, 2.45) is 0 Å². The highest BCUT2D eigenvalue weighted by Gasteiger charge is 2.04. The zero-order valence-corrected chi connectivity index (χ0v) is 8.21. The third-order valence-corrected chi connectivity index (χ3v) is 2.42. The average Bonchev–Trinajstić information content (AvgIpc) is 2.04. The van der Waals surface area contributed by atoms with E-state index in [4.69, 9.17) is 0 Å². The summed E-state index contributed by atoms with van der Waals surface area (Å²) in [5.74, 6) is 0. The van der Waals surface area contributed by atoms with Crippen LogP contribution in [0, 0.1) is 3.70 Å². The molecule has 0 aliphatic heterocycles. The second-order valence-electron chi connectivity index (χ2n) is 2.61. The summed E-state index contributed by atoms with van der Waals surface area (Å²) in [4.78, 5) is 4.45. The fourth-order valence-corrected chi connectivity index (χ4v) is 1.74. The van der Waals surface area contributed by atoms with Crippen LogP contribution < -0.4 is 0 Å². The van der Waals surface area contributed by atoms with E-state index in [1.807, 2.05) is 0 Å². The van der Waals surface area contributed by atoms with Crippen molar-refractivity contribution in [3.8, 4) is 0 Å². The van der Waals surface area contributed by atoms with Gasteiger partial charge in [0.1, 0.15) is 3.70 Å². The number of hydrogen-bond acceptors (Lipinski definition) is 1. The summed E-state index contributed by atoms with van der Waals surface area (Å²) in [6.07, 6.45) is 6.60. The molecule has 0 bridgehead atoms. The molecule has 2 heteroatoms. The highest BCUT2D eigenvalue weighted by molar-refractivity contribution is 14.1. The first-order valence-electron chi connectivity index (χ1n) is 3.68. The number of nitrogens with zero attached hydrogens (tertiary/aromatic N) is 1. The Morgan fingerprint density at radius 3 is 3.18 bits per heavy atom.